The zero-order chi connectivity index (χ0) is 18.3. The van der Waals surface area contributed by atoms with Gasteiger partial charge in [-0.3, -0.25) is 9.59 Å². The van der Waals surface area contributed by atoms with Gasteiger partial charge >= 0.3 is 0 Å². The second-order valence-corrected chi connectivity index (χ2v) is 7.61. The first-order chi connectivity index (χ1) is 11.9. The molecule has 132 valence electrons. The molecule has 0 heterocycles. The lowest BCUT2D eigenvalue weighted by atomic mass is 10.1. The van der Waals surface area contributed by atoms with Crippen LogP contribution in [0.5, 0.6) is 0 Å². The number of para-hydroxylation sites is 1. The maximum atomic E-state index is 12.0. The minimum atomic E-state index is -3.86. The van der Waals surface area contributed by atoms with Crippen molar-refractivity contribution in [1.29, 1.82) is 0 Å². The van der Waals surface area contributed by atoms with Crippen LogP contribution < -0.4 is 10.6 Å². The smallest absolute Gasteiger partial charge is 0.239 e. The van der Waals surface area contributed by atoms with Crippen molar-refractivity contribution < 1.29 is 18.0 Å². The van der Waals surface area contributed by atoms with Crippen molar-refractivity contribution in [3.8, 4) is 0 Å². The number of nitrogens with one attached hydrogen (secondary N) is 2. The summed E-state index contributed by atoms with van der Waals surface area (Å²) >= 11 is 0. The number of hydrogen-bond acceptors (Lipinski definition) is 4. The summed E-state index contributed by atoms with van der Waals surface area (Å²) in [5, 5.41) is 5.01. The van der Waals surface area contributed by atoms with Crippen molar-refractivity contribution >= 4 is 33.0 Å². The molecule has 7 heteroatoms. The number of rotatable bonds is 7. The highest BCUT2D eigenvalue weighted by Gasteiger charge is 2.21. The maximum Gasteiger partial charge on any atom is 0.239 e. The molecule has 0 fully saturated rings. The molecule has 0 saturated carbocycles. The Hall–Kier alpha value is -2.67. The molecule has 2 aromatic rings. The molecule has 0 aliphatic rings. The minimum absolute atomic E-state index is 0.503. The average molecular weight is 360 g/mol. The van der Waals surface area contributed by atoms with Crippen LogP contribution in [-0.2, 0) is 25.8 Å². The largest absolute Gasteiger partial charge is 0.325 e. The van der Waals surface area contributed by atoms with Crippen LogP contribution in [0.15, 0.2) is 54.6 Å². The molecule has 0 atom stereocenters. The van der Waals surface area contributed by atoms with Gasteiger partial charge in [-0.15, -0.1) is 0 Å². The van der Waals surface area contributed by atoms with Crippen molar-refractivity contribution in [2.24, 2.45) is 0 Å². The molecule has 2 amide bonds. The first-order valence-corrected chi connectivity index (χ1v) is 9.64. The fourth-order valence-corrected chi connectivity index (χ4v) is 3.24. The number of benzene rings is 2. The Labute approximate surface area is 147 Å². The molecular formula is C18H20N2O4S. The van der Waals surface area contributed by atoms with E-state index in [0.717, 1.165) is 12.0 Å². The summed E-state index contributed by atoms with van der Waals surface area (Å²) in [6.45, 7) is 2.01. The average Bonchev–Trinajstić information content (AvgIpc) is 2.55. The highest BCUT2D eigenvalue weighted by molar-refractivity contribution is 7.92. The van der Waals surface area contributed by atoms with E-state index in [0.29, 0.717) is 11.4 Å². The predicted molar refractivity (Wildman–Crippen MR) is 98.2 cm³/mol. The third-order valence-corrected chi connectivity index (χ3v) is 4.81. The molecule has 2 rings (SSSR count). The summed E-state index contributed by atoms with van der Waals surface area (Å²) < 4.78 is 24.0. The highest BCUT2D eigenvalue weighted by atomic mass is 32.2. The molecule has 2 aromatic carbocycles. The Balaban J connectivity index is 1.88. The van der Waals surface area contributed by atoms with Gasteiger partial charge in [0.15, 0.2) is 9.84 Å². The number of carbonyl (C=O) groups excluding carboxylic acids is 2. The molecule has 0 aliphatic carbocycles. The lowest BCUT2D eigenvalue weighted by Crippen LogP contribution is -2.30. The van der Waals surface area contributed by atoms with E-state index in [4.69, 9.17) is 0 Å². The summed E-state index contributed by atoms with van der Waals surface area (Å²) in [6.07, 6.45) is 0.874. The number of anilines is 2. The normalized spacial score (nSPS) is 10.9. The summed E-state index contributed by atoms with van der Waals surface area (Å²) in [5.41, 5.74) is 2.14. The Morgan fingerprint density at radius 2 is 1.28 bits per heavy atom. The van der Waals surface area contributed by atoms with Crippen LogP contribution >= 0.6 is 0 Å². The van der Waals surface area contributed by atoms with E-state index in [1.165, 1.54) is 0 Å². The second kappa shape index (κ2) is 8.43. The third-order valence-electron chi connectivity index (χ3n) is 3.41. The third kappa shape index (κ3) is 6.39. The summed E-state index contributed by atoms with van der Waals surface area (Å²) in [6, 6.07) is 15.7. The number of aryl methyl sites for hydroxylation is 1. The number of hydrogen-bond donors (Lipinski definition) is 2. The van der Waals surface area contributed by atoms with Gasteiger partial charge in [0, 0.05) is 11.4 Å². The van der Waals surface area contributed by atoms with Crippen LogP contribution in [0.1, 0.15) is 12.5 Å². The fourth-order valence-electron chi connectivity index (χ4n) is 2.19. The standard InChI is InChI=1S/C18H20N2O4S/c1-2-14-8-10-16(11-9-14)20-18(22)13-25(23,24)12-17(21)19-15-6-4-3-5-7-15/h3-11H,2,12-13H2,1H3,(H,19,21)(H,20,22). The van der Waals surface area contributed by atoms with Crippen molar-refractivity contribution in [3.05, 3.63) is 60.2 Å². The van der Waals surface area contributed by atoms with Gasteiger partial charge in [0.25, 0.3) is 0 Å². The van der Waals surface area contributed by atoms with E-state index in [2.05, 4.69) is 10.6 Å². The molecular weight excluding hydrogens is 340 g/mol. The van der Waals surface area contributed by atoms with Gasteiger partial charge in [0.05, 0.1) is 0 Å². The van der Waals surface area contributed by atoms with Crippen molar-refractivity contribution in [2.45, 2.75) is 13.3 Å². The van der Waals surface area contributed by atoms with Crippen molar-refractivity contribution in [2.75, 3.05) is 22.1 Å². The maximum absolute atomic E-state index is 12.0. The second-order valence-electron chi connectivity index (χ2n) is 5.55. The summed E-state index contributed by atoms with van der Waals surface area (Å²) in [4.78, 5) is 23.7. The first kappa shape index (κ1) is 18.7. The minimum Gasteiger partial charge on any atom is -0.325 e. The summed E-state index contributed by atoms with van der Waals surface area (Å²) in [7, 11) is -3.86. The quantitative estimate of drug-likeness (QED) is 0.792. The van der Waals surface area contributed by atoms with E-state index in [1.807, 2.05) is 19.1 Å². The Morgan fingerprint density at radius 1 is 0.800 bits per heavy atom. The molecule has 2 N–H and O–H groups in total. The molecule has 0 radical (unpaired) electrons. The van der Waals surface area contributed by atoms with Crippen LogP contribution in [0, 0.1) is 0 Å². The Kier molecular flexibility index (Phi) is 6.30. The molecule has 0 saturated heterocycles. The van der Waals surface area contributed by atoms with E-state index >= 15 is 0 Å². The molecule has 0 bridgehead atoms. The number of carbonyl (C=O) groups is 2. The Bertz CT molecular complexity index is 831. The number of amides is 2. The fraction of sp³-hybridized carbons (Fsp3) is 0.222. The molecule has 0 unspecified atom stereocenters. The van der Waals surface area contributed by atoms with Gasteiger partial charge < -0.3 is 10.6 Å². The first-order valence-electron chi connectivity index (χ1n) is 7.82. The van der Waals surface area contributed by atoms with Crippen LogP contribution in [0.3, 0.4) is 0 Å². The zero-order valence-electron chi connectivity index (χ0n) is 13.9. The van der Waals surface area contributed by atoms with Gasteiger partial charge in [-0.05, 0) is 36.2 Å². The molecule has 25 heavy (non-hydrogen) atoms. The molecule has 6 nitrogen and oxygen atoms in total. The van der Waals surface area contributed by atoms with Gasteiger partial charge in [0.2, 0.25) is 11.8 Å². The van der Waals surface area contributed by atoms with Crippen LogP contribution in [-0.4, -0.2) is 31.7 Å². The van der Waals surface area contributed by atoms with Crippen LogP contribution in [0.25, 0.3) is 0 Å². The van der Waals surface area contributed by atoms with E-state index < -0.39 is 33.2 Å². The van der Waals surface area contributed by atoms with Gasteiger partial charge in [0.1, 0.15) is 11.5 Å². The highest BCUT2D eigenvalue weighted by Crippen LogP contribution is 2.10. The lowest BCUT2D eigenvalue weighted by molar-refractivity contribution is -0.114. The van der Waals surface area contributed by atoms with E-state index in [9.17, 15) is 18.0 Å². The van der Waals surface area contributed by atoms with Crippen LogP contribution in [0.2, 0.25) is 0 Å². The SMILES string of the molecule is CCc1ccc(NC(=O)CS(=O)(=O)CC(=O)Nc2ccccc2)cc1. The van der Waals surface area contributed by atoms with Crippen molar-refractivity contribution in [3.63, 3.8) is 0 Å². The molecule has 0 aromatic heterocycles. The van der Waals surface area contributed by atoms with Crippen molar-refractivity contribution in [1.82, 2.24) is 0 Å². The summed E-state index contributed by atoms with van der Waals surface area (Å²) in [5.74, 6) is -2.84. The van der Waals surface area contributed by atoms with Gasteiger partial charge in [-0.2, -0.15) is 0 Å². The number of sulfone groups is 1. The van der Waals surface area contributed by atoms with E-state index in [1.54, 1.807) is 42.5 Å². The Morgan fingerprint density at radius 3 is 1.76 bits per heavy atom. The topological polar surface area (TPSA) is 92.3 Å². The monoisotopic (exact) mass is 360 g/mol. The molecule has 0 aliphatic heterocycles. The predicted octanol–water partition coefficient (Wildman–Crippen LogP) is 2.24. The zero-order valence-corrected chi connectivity index (χ0v) is 14.7. The van der Waals surface area contributed by atoms with Gasteiger partial charge in [-0.25, -0.2) is 8.42 Å². The molecule has 0 spiro atoms. The van der Waals surface area contributed by atoms with Crippen LogP contribution in [0.4, 0.5) is 11.4 Å². The lowest BCUT2D eigenvalue weighted by Gasteiger charge is -2.08. The van der Waals surface area contributed by atoms with Gasteiger partial charge in [-0.1, -0.05) is 37.3 Å². The van der Waals surface area contributed by atoms with E-state index in [-0.39, 0.29) is 0 Å².